The van der Waals surface area contributed by atoms with E-state index < -0.39 is 0 Å². The highest BCUT2D eigenvalue weighted by atomic mass is 16.5. The quantitative estimate of drug-likeness (QED) is 0.416. The highest BCUT2D eigenvalue weighted by Gasteiger charge is 2.35. The number of rotatable bonds is 3. The van der Waals surface area contributed by atoms with Gasteiger partial charge in [0.1, 0.15) is 0 Å². The minimum atomic E-state index is -0.334. The van der Waals surface area contributed by atoms with Crippen LogP contribution in [0.2, 0.25) is 0 Å². The Bertz CT molecular complexity index is 283. The van der Waals surface area contributed by atoms with Crippen LogP contribution in [0.3, 0.4) is 0 Å². The number of hydrogen-bond donors (Lipinski definition) is 1. The molecule has 0 aliphatic heterocycles. The van der Waals surface area contributed by atoms with Gasteiger partial charge in [-0.3, -0.25) is 0 Å². The van der Waals surface area contributed by atoms with Crippen LogP contribution < -0.4 is 5.73 Å². The average Bonchev–Trinajstić information content (AvgIpc) is 2.76. The summed E-state index contributed by atoms with van der Waals surface area (Å²) in [6.45, 7) is 0.536. The Hall–Kier alpha value is -1.25. The molecule has 3 nitrogen and oxygen atoms in total. The summed E-state index contributed by atoms with van der Waals surface area (Å²) in [5.74, 6) is 1.56. The maximum Gasteiger partial charge on any atom is 0.332 e. The van der Waals surface area contributed by atoms with Crippen molar-refractivity contribution in [3.63, 3.8) is 0 Å². The lowest BCUT2D eigenvalue weighted by Crippen LogP contribution is -2.16. The molecule has 3 heteroatoms. The average molecular weight is 193 g/mol. The molecule has 0 aromatic carbocycles. The Kier molecular flexibility index (Phi) is 2.57. The monoisotopic (exact) mass is 193 g/mol. The molecule has 2 aliphatic rings. The SMILES string of the molecule is N/C=C/C(=O)OCC1CC2C=CC1C2. The molecule has 0 amide bonds. The number of carbonyl (C=O) groups is 1. The van der Waals surface area contributed by atoms with E-state index in [2.05, 4.69) is 12.2 Å². The predicted octanol–water partition coefficient (Wildman–Crippen LogP) is 1.21. The number of allylic oxidation sites excluding steroid dienone is 2. The lowest BCUT2D eigenvalue weighted by Gasteiger charge is -2.16. The van der Waals surface area contributed by atoms with E-state index in [4.69, 9.17) is 10.5 Å². The van der Waals surface area contributed by atoms with Crippen molar-refractivity contribution in [3.8, 4) is 0 Å². The van der Waals surface area contributed by atoms with Gasteiger partial charge in [0, 0.05) is 12.3 Å². The zero-order valence-electron chi connectivity index (χ0n) is 8.06. The van der Waals surface area contributed by atoms with Crippen molar-refractivity contribution < 1.29 is 9.53 Å². The number of hydrogen-bond acceptors (Lipinski definition) is 3. The number of fused-ring (bicyclic) bond motifs is 2. The number of ether oxygens (including phenoxy) is 1. The van der Waals surface area contributed by atoms with Gasteiger partial charge in [-0.05, 0) is 30.6 Å². The molecule has 0 aromatic heterocycles. The second-order valence-corrected chi connectivity index (χ2v) is 4.03. The maximum atomic E-state index is 11.0. The smallest absolute Gasteiger partial charge is 0.332 e. The molecule has 0 heterocycles. The first-order valence-corrected chi connectivity index (χ1v) is 5.03. The Morgan fingerprint density at radius 1 is 1.50 bits per heavy atom. The Labute approximate surface area is 83.6 Å². The van der Waals surface area contributed by atoms with Crippen molar-refractivity contribution in [1.82, 2.24) is 0 Å². The summed E-state index contributed by atoms with van der Waals surface area (Å²) in [5, 5.41) is 0. The van der Waals surface area contributed by atoms with Crippen molar-refractivity contribution in [2.75, 3.05) is 6.61 Å². The molecular weight excluding hydrogens is 178 g/mol. The first-order valence-electron chi connectivity index (χ1n) is 5.03. The third-order valence-corrected chi connectivity index (χ3v) is 3.09. The third kappa shape index (κ3) is 1.81. The van der Waals surface area contributed by atoms with E-state index in [1.807, 2.05) is 0 Å². The molecule has 3 unspecified atom stereocenters. The van der Waals surface area contributed by atoms with E-state index in [9.17, 15) is 4.79 Å². The normalized spacial score (nSPS) is 34.1. The molecule has 2 aliphatic carbocycles. The lowest BCUT2D eigenvalue weighted by molar-refractivity contribution is -0.139. The summed E-state index contributed by atoms with van der Waals surface area (Å²) in [4.78, 5) is 11.0. The fourth-order valence-corrected chi connectivity index (χ4v) is 2.40. The van der Waals surface area contributed by atoms with Gasteiger partial charge in [0.25, 0.3) is 0 Å². The fourth-order valence-electron chi connectivity index (χ4n) is 2.40. The molecule has 3 atom stereocenters. The summed E-state index contributed by atoms with van der Waals surface area (Å²) >= 11 is 0. The van der Waals surface area contributed by atoms with Crippen LogP contribution in [0.4, 0.5) is 0 Å². The molecule has 0 spiro atoms. The summed E-state index contributed by atoms with van der Waals surface area (Å²) in [6.07, 6.45) is 9.41. The fraction of sp³-hybridized carbons (Fsp3) is 0.545. The highest BCUT2D eigenvalue weighted by Crippen LogP contribution is 2.43. The van der Waals surface area contributed by atoms with Gasteiger partial charge in [-0.25, -0.2) is 4.79 Å². The molecule has 1 fully saturated rings. The van der Waals surface area contributed by atoms with E-state index in [-0.39, 0.29) is 5.97 Å². The Morgan fingerprint density at radius 2 is 2.36 bits per heavy atom. The van der Waals surface area contributed by atoms with E-state index in [1.165, 1.54) is 25.1 Å². The number of esters is 1. The first kappa shape index (κ1) is 9.31. The minimum Gasteiger partial charge on any atom is -0.462 e. The molecule has 1 saturated carbocycles. The van der Waals surface area contributed by atoms with Gasteiger partial charge in [-0.15, -0.1) is 0 Å². The molecule has 0 radical (unpaired) electrons. The van der Waals surface area contributed by atoms with Crippen LogP contribution >= 0.6 is 0 Å². The van der Waals surface area contributed by atoms with Gasteiger partial charge in [0.05, 0.1) is 6.61 Å². The van der Waals surface area contributed by atoms with Gasteiger partial charge >= 0.3 is 5.97 Å². The zero-order valence-corrected chi connectivity index (χ0v) is 8.06. The minimum absolute atomic E-state index is 0.334. The molecule has 2 bridgehead atoms. The topological polar surface area (TPSA) is 52.3 Å². The van der Waals surface area contributed by atoms with Crippen molar-refractivity contribution in [3.05, 3.63) is 24.4 Å². The molecule has 2 rings (SSSR count). The van der Waals surface area contributed by atoms with E-state index in [0.29, 0.717) is 18.4 Å². The predicted molar refractivity (Wildman–Crippen MR) is 53.1 cm³/mol. The van der Waals surface area contributed by atoms with Gasteiger partial charge in [-0.1, -0.05) is 12.2 Å². The summed E-state index contributed by atoms with van der Waals surface area (Å²) in [5.41, 5.74) is 5.08. The highest BCUT2D eigenvalue weighted by molar-refractivity contribution is 5.81. The van der Waals surface area contributed by atoms with Gasteiger partial charge in [-0.2, -0.15) is 0 Å². The number of carbonyl (C=O) groups excluding carboxylic acids is 1. The van der Waals surface area contributed by atoms with Gasteiger partial charge in [0.2, 0.25) is 0 Å². The van der Waals surface area contributed by atoms with E-state index >= 15 is 0 Å². The third-order valence-electron chi connectivity index (χ3n) is 3.09. The molecule has 0 saturated heterocycles. The van der Waals surface area contributed by atoms with Crippen LogP contribution in [-0.4, -0.2) is 12.6 Å². The van der Waals surface area contributed by atoms with Crippen LogP contribution in [0.15, 0.2) is 24.4 Å². The van der Waals surface area contributed by atoms with Crippen molar-refractivity contribution >= 4 is 5.97 Å². The van der Waals surface area contributed by atoms with E-state index in [0.717, 1.165) is 5.92 Å². The maximum absolute atomic E-state index is 11.0. The largest absolute Gasteiger partial charge is 0.462 e. The van der Waals surface area contributed by atoms with Crippen LogP contribution in [0.5, 0.6) is 0 Å². The van der Waals surface area contributed by atoms with Crippen molar-refractivity contribution in [2.24, 2.45) is 23.5 Å². The van der Waals surface area contributed by atoms with Gasteiger partial charge < -0.3 is 10.5 Å². The van der Waals surface area contributed by atoms with Crippen LogP contribution in [0.25, 0.3) is 0 Å². The molecule has 2 N–H and O–H groups in total. The number of nitrogens with two attached hydrogens (primary N) is 1. The lowest BCUT2D eigenvalue weighted by atomic mass is 9.95. The van der Waals surface area contributed by atoms with Crippen LogP contribution in [0.1, 0.15) is 12.8 Å². The summed E-state index contributed by atoms with van der Waals surface area (Å²) in [6, 6.07) is 0. The molecular formula is C11H15NO2. The zero-order chi connectivity index (χ0) is 9.97. The van der Waals surface area contributed by atoms with Crippen LogP contribution in [0, 0.1) is 17.8 Å². The first-order chi connectivity index (χ1) is 6.79. The van der Waals surface area contributed by atoms with Crippen molar-refractivity contribution in [2.45, 2.75) is 12.8 Å². The van der Waals surface area contributed by atoms with Crippen LogP contribution in [-0.2, 0) is 9.53 Å². The summed E-state index contributed by atoms with van der Waals surface area (Å²) in [7, 11) is 0. The Morgan fingerprint density at radius 3 is 2.93 bits per heavy atom. The Balaban J connectivity index is 1.77. The molecule has 14 heavy (non-hydrogen) atoms. The van der Waals surface area contributed by atoms with Crippen molar-refractivity contribution in [1.29, 1.82) is 0 Å². The molecule has 76 valence electrons. The summed E-state index contributed by atoms with van der Waals surface area (Å²) < 4.78 is 5.08. The van der Waals surface area contributed by atoms with Gasteiger partial charge in [0.15, 0.2) is 0 Å². The van der Waals surface area contributed by atoms with E-state index in [1.54, 1.807) is 0 Å². The second kappa shape index (κ2) is 3.86. The standard InChI is InChI=1S/C11H15NO2/c12-4-3-11(13)14-7-10-6-8-1-2-9(10)5-8/h1-4,8-10H,5-7,12H2/b4-3+. The second-order valence-electron chi connectivity index (χ2n) is 4.03. The molecule has 0 aromatic rings.